The van der Waals surface area contributed by atoms with Crippen LogP contribution >= 0.6 is 0 Å². The topological polar surface area (TPSA) is 153 Å². The molecule has 0 aliphatic heterocycles. The number of hydrogen-bond donors (Lipinski definition) is 3. The number of aliphatic hydroxyl groups is 1. The van der Waals surface area contributed by atoms with Crippen LogP contribution in [-0.2, 0) is 10.0 Å². The van der Waals surface area contributed by atoms with Gasteiger partial charge in [0.2, 0.25) is 0 Å². The molecule has 1 fully saturated rings. The largest absolute Gasteiger partial charge is 0.390 e. The van der Waals surface area contributed by atoms with Gasteiger partial charge in [0.15, 0.2) is 5.82 Å². The van der Waals surface area contributed by atoms with Crippen molar-refractivity contribution in [2.75, 3.05) is 16.9 Å². The van der Waals surface area contributed by atoms with E-state index in [-0.39, 0.29) is 11.9 Å². The number of anilines is 3. The summed E-state index contributed by atoms with van der Waals surface area (Å²) in [5, 5.41) is 24.7. The van der Waals surface area contributed by atoms with Gasteiger partial charge in [-0.15, -0.1) is 0 Å². The zero-order chi connectivity index (χ0) is 27.8. The lowest BCUT2D eigenvalue weighted by atomic mass is 9.83. The summed E-state index contributed by atoms with van der Waals surface area (Å²) in [5.74, 6) is 1.08. The molecule has 0 unspecified atom stereocenters. The molecular formula is C24H27F2N9O3S. The third-order valence-corrected chi connectivity index (χ3v) is 7.36. The highest BCUT2D eigenvalue weighted by atomic mass is 32.2. The van der Waals surface area contributed by atoms with Crippen molar-refractivity contribution >= 4 is 27.3 Å². The van der Waals surface area contributed by atoms with Crippen LogP contribution in [0.15, 0.2) is 49.2 Å². The Kier molecular flexibility index (Phi) is 7.03. The third kappa shape index (κ3) is 6.20. The van der Waals surface area contributed by atoms with Gasteiger partial charge in [-0.25, -0.2) is 28.1 Å². The van der Waals surface area contributed by atoms with E-state index in [0.29, 0.717) is 51.7 Å². The lowest BCUT2D eigenvalue weighted by molar-refractivity contribution is 0.0196. The van der Waals surface area contributed by atoms with Crippen LogP contribution in [0.25, 0.3) is 22.6 Å². The molecule has 0 atom stereocenters. The van der Waals surface area contributed by atoms with E-state index in [1.165, 1.54) is 30.9 Å². The molecule has 15 heteroatoms. The van der Waals surface area contributed by atoms with E-state index < -0.39 is 22.2 Å². The summed E-state index contributed by atoms with van der Waals surface area (Å²) < 4.78 is 51.2. The molecule has 0 radical (unpaired) electrons. The van der Waals surface area contributed by atoms with Crippen LogP contribution in [0.5, 0.6) is 0 Å². The Morgan fingerprint density at radius 2 is 1.92 bits per heavy atom. The SMILES string of the molecule is CC1(O)CCC(Nc2cc(Nc3ccnc(-c4cnn(S(C)(=O)=O)c4)n3)ncc2-c2ccn(C(F)F)n2)CC1. The molecule has 1 saturated carbocycles. The first-order valence-corrected chi connectivity index (χ1v) is 14.0. The molecule has 1 aliphatic rings. The van der Waals surface area contributed by atoms with Gasteiger partial charge in [-0.05, 0) is 44.7 Å². The second-order valence-corrected chi connectivity index (χ2v) is 11.6. The Hall–Kier alpha value is -3.98. The summed E-state index contributed by atoms with van der Waals surface area (Å²) >= 11 is 0. The fourth-order valence-corrected chi connectivity index (χ4v) is 4.87. The van der Waals surface area contributed by atoms with Gasteiger partial charge in [0.25, 0.3) is 10.0 Å². The standard InChI is InChI=1S/C24H27F2N9O3S/c1-24(36)7-3-16(4-8-24)30-19-11-21(28-13-17(19)18-6-10-34(33-18)23(25)26)31-20-5-9-27-22(32-20)15-12-29-35(14-15)39(2,37)38/h5-6,9-14,16,23,36H,3-4,7-8H2,1-2H3,(H2,27,28,30,31,32). The second-order valence-electron chi connectivity index (χ2n) is 9.74. The van der Waals surface area contributed by atoms with E-state index in [2.05, 4.69) is 35.8 Å². The van der Waals surface area contributed by atoms with Gasteiger partial charge < -0.3 is 15.7 Å². The highest BCUT2D eigenvalue weighted by Crippen LogP contribution is 2.34. The number of alkyl halides is 2. The fraction of sp³-hybridized carbons (Fsp3) is 0.375. The Bertz CT molecular complexity index is 1580. The van der Waals surface area contributed by atoms with Crippen molar-refractivity contribution in [3.8, 4) is 22.6 Å². The molecule has 4 aromatic heterocycles. The molecule has 0 spiro atoms. The van der Waals surface area contributed by atoms with Crippen LogP contribution in [0.4, 0.5) is 26.1 Å². The predicted octanol–water partition coefficient (Wildman–Crippen LogP) is 3.65. The number of rotatable bonds is 8. The molecule has 1 aliphatic carbocycles. The minimum absolute atomic E-state index is 0.0634. The Labute approximate surface area is 223 Å². The quantitative estimate of drug-likeness (QED) is 0.292. The van der Waals surface area contributed by atoms with Gasteiger partial charge >= 0.3 is 6.55 Å². The van der Waals surface area contributed by atoms with Crippen LogP contribution < -0.4 is 10.6 Å². The van der Waals surface area contributed by atoms with E-state index in [1.807, 2.05) is 6.92 Å². The minimum atomic E-state index is -3.55. The monoisotopic (exact) mass is 559 g/mol. The van der Waals surface area contributed by atoms with Crippen LogP contribution in [0.1, 0.15) is 39.2 Å². The molecule has 5 rings (SSSR count). The highest BCUT2D eigenvalue weighted by Gasteiger charge is 2.29. The van der Waals surface area contributed by atoms with Crippen LogP contribution in [-0.4, -0.2) is 65.3 Å². The zero-order valence-corrected chi connectivity index (χ0v) is 22.0. The predicted molar refractivity (Wildman–Crippen MR) is 140 cm³/mol. The lowest BCUT2D eigenvalue weighted by Crippen LogP contribution is -2.35. The van der Waals surface area contributed by atoms with E-state index in [1.54, 1.807) is 18.3 Å². The van der Waals surface area contributed by atoms with Gasteiger partial charge in [0.1, 0.15) is 11.6 Å². The number of hydrogen-bond acceptors (Lipinski definition) is 10. The maximum absolute atomic E-state index is 13.2. The number of nitrogens with zero attached hydrogens (tertiary/aromatic N) is 7. The van der Waals surface area contributed by atoms with Gasteiger partial charge in [-0.2, -0.15) is 23.1 Å². The van der Waals surface area contributed by atoms with Crippen molar-refractivity contribution in [1.82, 2.24) is 33.9 Å². The summed E-state index contributed by atoms with van der Waals surface area (Å²) in [7, 11) is -3.55. The van der Waals surface area contributed by atoms with Gasteiger partial charge in [-0.3, -0.25) is 0 Å². The minimum Gasteiger partial charge on any atom is -0.390 e. The first kappa shape index (κ1) is 26.6. The highest BCUT2D eigenvalue weighted by molar-refractivity contribution is 7.89. The first-order valence-electron chi connectivity index (χ1n) is 12.2. The van der Waals surface area contributed by atoms with Crippen LogP contribution in [0, 0.1) is 0 Å². The summed E-state index contributed by atoms with van der Waals surface area (Å²) in [5.41, 5.74) is 1.24. The summed E-state index contributed by atoms with van der Waals surface area (Å²) in [4.78, 5) is 13.1. The van der Waals surface area contributed by atoms with Crippen LogP contribution in [0.2, 0.25) is 0 Å². The van der Waals surface area contributed by atoms with Gasteiger partial charge in [0, 0.05) is 41.9 Å². The average Bonchev–Trinajstić information content (AvgIpc) is 3.57. The van der Waals surface area contributed by atoms with Gasteiger partial charge in [0.05, 0.1) is 35.5 Å². The lowest BCUT2D eigenvalue weighted by Gasteiger charge is -2.34. The Balaban J connectivity index is 1.42. The number of halogens is 2. The summed E-state index contributed by atoms with van der Waals surface area (Å²) in [6, 6.07) is 4.93. The van der Waals surface area contributed by atoms with E-state index >= 15 is 0 Å². The van der Waals surface area contributed by atoms with Crippen molar-refractivity contribution in [3.63, 3.8) is 0 Å². The fourth-order valence-electron chi connectivity index (χ4n) is 4.34. The Morgan fingerprint density at radius 3 is 2.59 bits per heavy atom. The van der Waals surface area contributed by atoms with Crippen molar-refractivity contribution in [1.29, 1.82) is 0 Å². The molecule has 4 aromatic rings. The molecule has 206 valence electrons. The summed E-state index contributed by atoms with van der Waals surface area (Å²) in [6.07, 6.45) is 10.7. The zero-order valence-electron chi connectivity index (χ0n) is 21.2. The number of aromatic nitrogens is 7. The van der Waals surface area contributed by atoms with Crippen molar-refractivity contribution in [2.24, 2.45) is 0 Å². The number of nitrogens with one attached hydrogen (secondary N) is 2. The molecule has 3 N–H and O–H groups in total. The summed E-state index contributed by atoms with van der Waals surface area (Å²) in [6.45, 7) is -0.941. The molecule has 0 aromatic carbocycles. The number of pyridine rings is 1. The molecule has 0 amide bonds. The van der Waals surface area contributed by atoms with Crippen LogP contribution in [0.3, 0.4) is 0 Å². The van der Waals surface area contributed by atoms with Crippen molar-refractivity contribution in [2.45, 2.75) is 50.8 Å². The molecule has 0 bridgehead atoms. The molecule has 12 nitrogen and oxygen atoms in total. The average molecular weight is 560 g/mol. The van der Waals surface area contributed by atoms with E-state index in [4.69, 9.17) is 0 Å². The maximum atomic E-state index is 13.2. The maximum Gasteiger partial charge on any atom is 0.333 e. The van der Waals surface area contributed by atoms with Crippen molar-refractivity contribution < 1.29 is 22.3 Å². The molecule has 39 heavy (non-hydrogen) atoms. The van der Waals surface area contributed by atoms with Gasteiger partial charge in [-0.1, -0.05) is 0 Å². The smallest absolute Gasteiger partial charge is 0.333 e. The molecular weight excluding hydrogens is 532 g/mol. The second kappa shape index (κ2) is 10.3. The first-order chi connectivity index (χ1) is 18.5. The normalized spacial score (nSPS) is 19.8. The van der Waals surface area contributed by atoms with E-state index in [9.17, 15) is 22.3 Å². The van der Waals surface area contributed by atoms with Crippen molar-refractivity contribution in [3.05, 3.63) is 49.2 Å². The third-order valence-electron chi connectivity index (χ3n) is 6.48. The Morgan fingerprint density at radius 1 is 1.15 bits per heavy atom. The molecule has 4 heterocycles. The van der Waals surface area contributed by atoms with E-state index in [0.717, 1.165) is 23.2 Å². The molecule has 0 saturated heterocycles.